The number of rotatable bonds is 6. The number of carbonyl (C=O) groups is 2. The summed E-state index contributed by atoms with van der Waals surface area (Å²) in [7, 11) is 1.71. The minimum absolute atomic E-state index is 0.174. The molecular weight excluding hydrogens is 415 g/mol. The van der Waals surface area contributed by atoms with Crippen molar-refractivity contribution in [2.24, 2.45) is 5.41 Å². The standard InChI is InChI=1S/C23H31FN4O2S/c1-14-19(31-13-27-14)16-8-6-15(7-9-16)12-26-21(29)18-17(24)10-11-28(18)22(30)20(25-5)23(2,3)4/h6-9,13,17-18,20,25H,10-12H2,1-5H3,(H,26,29)/t17-,18?,20+/m0/s1. The first-order chi connectivity index (χ1) is 14.6. The Bertz CT molecular complexity index is 922. The number of aromatic nitrogens is 1. The Morgan fingerprint density at radius 1 is 1.29 bits per heavy atom. The molecule has 3 atom stereocenters. The summed E-state index contributed by atoms with van der Waals surface area (Å²) in [6.07, 6.45) is -1.19. The fraction of sp³-hybridized carbons (Fsp3) is 0.522. The molecule has 168 valence electrons. The van der Waals surface area contributed by atoms with E-state index in [1.165, 1.54) is 4.90 Å². The molecule has 6 nitrogen and oxygen atoms in total. The Hall–Kier alpha value is -2.32. The second-order valence-corrected chi connectivity index (χ2v) is 9.91. The Morgan fingerprint density at radius 3 is 2.52 bits per heavy atom. The van der Waals surface area contributed by atoms with Gasteiger partial charge in [-0.2, -0.15) is 0 Å². The molecule has 1 aliphatic rings. The number of nitrogens with zero attached hydrogens (tertiary/aromatic N) is 2. The van der Waals surface area contributed by atoms with Crippen LogP contribution in [0.25, 0.3) is 10.4 Å². The van der Waals surface area contributed by atoms with Crippen molar-refractivity contribution in [1.29, 1.82) is 0 Å². The van der Waals surface area contributed by atoms with E-state index in [1.54, 1.807) is 18.4 Å². The maximum atomic E-state index is 14.6. The summed E-state index contributed by atoms with van der Waals surface area (Å²) in [5.41, 5.74) is 4.44. The van der Waals surface area contributed by atoms with Crippen molar-refractivity contribution < 1.29 is 14.0 Å². The van der Waals surface area contributed by atoms with Crippen molar-refractivity contribution in [1.82, 2.24) is 20.5 Å². The highest BCUT2D eigenvalue weighted by molar-refractivity contribution is 7.13. The van der Waals surface area contributed by atoms with Crippen molar-refractivity contribution in [2.45, 2.75) is 58.9 Å². The number of likely N-dealkylation sites (tertiary alicyclic amines) is 1. The van der Waals surface area contributed by atoms with Crippen molar-refractivity contribution in [3.63, 3.8) is 0 Å². The second kappa shape index (κ2) is 9.44. The van der Waals surface area contributed by atoms with Gasteiger partial charge in [0.2, 0.25) is 11.8 Å². The number of benzene rings is 1. The minimum atomic E-state index is -1.36. The van der Waals surface area contributed by atoms with Crippen LogP contribution in [0.5, 0.6) is 0 Å². The van der Waals surface area contributed by atoms with Gasteiger partial charge in [0.25, 0.3) is 0 Å². The summed E-state index contributed by atoms with van der Waals surface area (Å²) in [6.45, 7) is 8.33. The first kappa shape index (κ1) is 23.3. The van der Waals surface area contributed by atoms with E-state index in [2.05, 4.69) is 15.6 Å². The number of likely N-dealkylation sites (N-methyl/N-ethyl adjacent to an activating group) is 1. The largest absolute Gasteiger partial charge is 0.350 e. The van der Waals surface area contributed by atoms with Crippen LogP contribution in [-0.4, -0.2) is 53.5 Å². The van der Waals surface area contributed by atoms with Gasteiger partial charge in [0.15, 0.2) is 0 Å². The Labute approximate surface area is 187 Å². The summed E-state index contributed by atoms with van der Waals surface area (Å²) in [5, 5.41) is 5.84. The molecule has 8 heteroatoms. The first-order valence-electron chi connectivity index (χ1n) is 10.5. The van der Waals surface area contributed by atoms with E-state index in [9.17, 15) is 14.0 Å². The molecule has 1 saturated heterocycles. The van der Waals surface area contributed by atoms with Crippen LogP contribution in [0, 0.1) is 12.3 Å². The summed E-state index contributed by atoms with van der Waals surface area (Å²) >= 11 is 1.59. The van der Waals surface area contributed by atoms with Crippen molar-refractivity contribution in [2.75, 3.05) is 13.6 Å². The highest BCUT2D eigenvalue weighted by Crippen LogP contribution is 2.28. The summed E-state index contributed by atoms with van der Waals surface area (Å²) in [6, 6.07) is 6.28. The van der Waals surface area contributed by atoms with E-state index in [1.807, 2.05) is 57.5 Å². The number of hydrogen-bond acceptors (Lipinski definition) is 5. The smallest absolute Gasteiger partial charge is 0.246 e. The van der Waals surface area contributed by atoms with Gasteiger partial charge in [-0.25, -0.2) is 9.37 Å². The van der Waals surface area contributed by atoms with Crippen molar-refractivity contribution in [3.05, 3.63) is 41.0 Å². The number of amides is 2. The average molecular weight is 447 g/mol. The zero-order chi connectivity index (χ0) is 22.8. The molecule has 0 radical (unpaired) electrons. The molecule has 2 heterocycles. The molecule has 1 aliphatic heterocycles. The topological polar surface area (TPSA) is 74.3 Å². The molecule has 0 aliphatic carbocycles. The van der Waals surface area contributed by atoms with Crippen LogP contribution in [0.2, 0.25) is 0 Å². The number of halogens is 1. The quantitative estimate of drug-likeness (QED) is 0.714. The average Bonchev–Trinajstić information content (AvgIpc) is 3.31. The van der Waals surface area contributed by atoms with E-state index in [4.69, 9.17) is 0 Å². The number of nitrogens with one attached hydrogen (secondary N) is 2. The van der Waals surface area contributed by atoms with E-state index in [0.717, 1.165) is 21.7 Å². The lowest BCUT2D eigenvalue weighted by molar-refractivity contribution is -0.143. The third-order valence-electron chi connectivity index (χ3n) is 5.71. The zero-order valence-electron chi connectivity index (χ0n) is 18.7. The van der Waals surface area contributed by atoms with Crippen LogP contribution in [0.4, 0.5) is 4.39 Å². The van der Waals surface area contributed by atoms with Gasteiger partial charge < -0.3 is 15.5 Å². The Morgan fingerprint density at radius 2 is 1.97 bits per heavy atom. The SMILES string of the molecule is CN[C@H](C(=O)N1CC[C@H](F)C1C(=O)NCc1ccc(-c2scnc2C)cc1)C(C)(C)C. The van der Waals surface area contributed by atoms with Gasteiger partial charge in [-0.3, -0.25) is 9.59 Å². The molecule has 1 unspecified atom stereocenters. The maximum Gasteiger partial charge on any atom is 0.246 e. The molecule has 3 rings (SSSR count). The highest BCUT2D eigenvalue weighted by Gasteiger charge is 2.45. The normalized spacial score (nSPS) is 20.0. The van der Waals surface area contributed by atoms with Crippen molar-refractivity contribution in [3.8, 4) is 10.4 Å². The molecule has 2 aromatic rings. The lowest BCUT2D eigenvalue weighted by Crippen LogP contribution is -2.57. The lowest BCUT2D eigenvalue weighted by Gasteiger charge is -2.34. The molecule has 1 fully saturated rings. The molecule has 0 saturated carbocycles. The molecule has 0 bridgehead atoms. The third-order valence-corrected chi connectivity index (χ3v) is 6.68. The van der Waals surface area contributed by atoms with Crippen LogP contribution < -0.4 is 10.6 Å². The predicted molar refractivity (Wildman–Crippen MR) is 121 cm³/mol. The fourth-order valence-electron chi connectivity index (χ4n) is 4.05. The molecule has 1 aromatic heterocycles. The van der Waals surface area contributed by atoms with Crippen LogP contribution in [0.15, 0.2) is 29.8 Å². The molecule has 1 aromatic carbocycles. The number of carbonyl (C=O) groups excluding carboxylic acids is 2. The minimum Gasteiger partial charge on any atom is -0.350 e. The number of thiazole rings is 1. The van der Waals surface area contributed by atoms with Crippen molar-refractivity contribution >= 4 is 23.2 Å². The Balaban J connectivity index is 1.66. The molecule has 0 spiro atoms. The molecule has 2 N–H and O–H groups in total. The fourth-order valence-corrected chi connectivity index (χ4v) is 4.86. The number of aryl methyl sites for hydroxylation is 1. The monoisotopic (exact) mass is 446 g/mol. The van der Waals surface area contributed by atoms with E-state index in [0.29, 0.717) is 0 Å². The Kier molecular flexibility index (Phi) is 7.11. The number of hydrogen-bond donors (Lipinski definition) is 2. The maximum absolute atomic E-state index is 14.6. The van der Waals surface area contributed by atoms with Crippen LogP contribution >= 0.6 is 11.3 Å². The zero-order valence-corrected chi connectivity index (χ0v) is 19.6. The van der Waals surface area contributed by atoms with Crippen LogP contribution in [-0.2, 0) is 16.1 Å². The number of alkyl halides is 1. The first-order valence-corrected chi connectivity index (χ1v) is 11.4. The van der Waals surface area contributed by atoms with Gasteiger partial charge in [-0.15, -0.1) is 11.3 Å². The highest BCUT2D eigenvalue weighted by atomic mass is 32.1. The molecular formula is C23H31FN4O2S. The van der Waals surface area contributed by atoms with E-state index < -0.39 is 24.2 Å². The van der Waals surface area contributed by atoms with Gasteiger partial charge >= 0.3 is 0 Å². The van der Waals surface area contributed by atoms with Gasteiger partial charge in [0, 0.05) is 13.1 Å². The second-order valence-electron chi connectivity index (χ2n) is 9.05. The van der Waals surface area contributed by atoms with Gasteiger partial charge in [-0.05, 0) is 36.9 Å². The molecule has 31 heavy (non-hydrogen) atoms. The summed E-state index contributed by atoms with van der Waals surface area (Å²) < 4.78 is 14.6. The van der Waals surface area contributed by atoms with E-state index in [-0.39, 0.29) is 30.8 Å². The van der Waals surface area contributed by atoms with Crippen LogP contribution in [0.3, 0.4) is 0 Å². The van der Waals surface area contributed by atoms with E-state index >= 15 is 0 Å². The van der Waals surface area contributed by atoms with Crippen LogP contribution in [0.1, 0.15) is 38.4 Å². The molecule has 2 amide bonds. The predicted octanol–water partition coefficient (Wildman–Crippen LogP) is 3.31. The van der Waals surface area contributed by atoms with Gasteiger partial charge in [-0.1, -0.05) is 45.0 Å². The third kappa shape index (κ3) is 5.13. The van der Waals surface area contributed by atoms with Gasteiger partial charge in [0.05, 0.1) is 22.1 Å². The van der Waals surface area contributed by atoms with Gasteiger partial charge in [0.1, 0.15) is 12.2 Å². The lowest BCUT2D eigenvalue weighted by atomic mass is 9.86. The summed E-state index contributed by atoms with van der Waals surface area (Å²) in [5.74, 6) is -0.691. The summed E-state index contributed by atoms with van der Waals surface area (Å²) in [4.78, 5) is 32.7.